The quantitative estimate of drug-likeness (QED) is 0.891. The number of aromatic nitrogens is 1. The molecule has 21 heavy (non-hydrogen) atoms. The van der Waals surface area contributed by atoms with Crippen molar-refractivity contribution in [2.75, 3.05) is 20.8 Å². The molecule has 0 saturated heterocycles. The lowest BCUT2D eigenvalue weighted by molar-refractivity contribution is 0.0901. The third-order valence-electron chi connectivity index (χ3n) is 2.87. The number of nitrogens with zero attached hydrogens (tertiary/aromatic N) is 1. The standard InChI is InChI=1S/C15H18N2O3S/c1-10(8-19-2)16-14(18)13-9-21-15(17-13)11-4-6-12(20-3)7-5-11/h4-7,9-10H,8H2,1-3H3,(H,16,18). The molecule has 1 atom stereocenters. The molecule has 112 valence electrons. The molecule has 0 fully saturated rings. The smallest absolute Gasteiger partial charge is 0.271 e. The summed E-state index contributed by atoms with van der Waals surface area (Å²) in [5, 5.41) is 5.41. The summed E-state index contributed by atoms with van der Waals surface area (Å²) in [5.74, 6) is 0.609. The Bertz CT molecular complexity index is 595. The lowest BCUT2D eigenvalue weighted by atomic mass is 10.2. The van der Waals surface area contributed by atoms with Gasteiger partial charge in [0.2, 0.25) is 0 Å². The molecular formula is C15H18N2O3S. The minimum absolute atomic E-state index is 0.0476. The molecule has 0 bridgehead atoms. The fraction of sp³-hybridized carbons (Fsp3) is 0.333. The lowest BCUT2D eigenvalue weighted by Crippen LogP contribution is -2.35. The van der Waals surface area contributed by atoms with Crippen LogP contribution in [0.4, 0.5) is 0 Å². The van der Waals surface area contributed by atoms with Crippen LogP contribution in [0.3, 0.4) is 0 Å². The first kappa shape index (κ1) is 15.5. The molecule has 0 aliphatic heterocycles. The molecular weight excluding hydrogens is 288 g/mol. The number of nitrogens with one attached hydrogen (secondary N) is 1. The van der Waals surface area contributed by atoms with Crippen LogP contribution in [0.15, 0.2) is 29.6 Å². The van der Waals surface area contributed by atoms with Crippen molar-refractivity contribution in [3.05, 3.63) is 35.3 Å². The zero-order chi connectivity index (χ0) is 15.2. The van der Waals surface area contributed by atoms with Crippen LogP contribution in [0.1, 0.15) is 17.4 Å². The van der Waals surface area contributed by atoms with Gasteiger partial charge in [-0.15, -0.1) is 11.3 Å². The fourth-order valence-corrected chi connectivity index (χ4v) is 2.64. The first-order valence-corrected chi connectivity index (χ1v) is 7.41. The molecule has 1 amide bonds. The van der Waals surface area contributed by atoms with E-state index in [4.69, 9.17) is 9.47 Å². The largest absolute Gasteiger partial charge is 0.497 e. The summed E-state index contributed by atoms with van der Waals surface area (Å²) in [6.45, 7) is 2.36. The number of benzene rings is 1. The Hall–Kier alpha value is -1.92. The third kappa shape index (κ3) is 4.03. The Morgan fingerprint density at radius 2 is 2.05 bits per heavy atom. The average Bonchev–Trinajstić information content (AvgIpc) is 2.97. The second-order valence-electron chi connectivity index (χ2n) is 4.60. The molecule has 0 radical (unpaired) electrons. The van der Waals surface area contributed by atoms with Gasteiger partial charge in [-0.1, -0.05) is 0 Å². The van der Waals surface area contributed by atoms with Gasteiger partial charge < -0.3 is 14.8 Å². The van der Waals surface area contributed by atoms with Crippen LogP contribution < -0.4 is 10.1 Å². The Kier molecular flexibility index (Phi) is 5.30. The summed E-state index contributed by atoms with van der Waals surface area (Å²) in [6, 6.07) is 7.54. The summed E-state index contributed by atoms with van der Waals surface area (Å²) in [7, 11) is 3.23. The molecule has 1 N–H and O–H groups in total. The third-order valence-corrected chi connectivity index (χ3v) is 3.76. The maximum Gasteiger partial charge on any atom is 0.271 e. The number of rotatable bonds is 6. The van der Waals surface area contributed by atoms with Crippen LogP contribution in [0.2, 0.25) is 0 Å². The van der Waals surface area contributed by atoms with Gasteiger partial charge in [0.15, 0.2) is 0 Å². The van der Waals surface area contributed by atoms with Crippen molar-refractivity contribution in [1.82, 2.24) is 10.3 Å². The monoisotopic (exact) mass is 306 g/mol. The minimum atomic E-state index is -0.185. The highest BCUT2D eigenvalue weighted by Crippen LogP contribution is 2.25. The highest BCUT2D eigenvalue weighted by atomic mass is 32.1. The van der Waals surface area contributed by atoms with E-state index in [1.807, 2.05) is 31.2 Å². The maximum atomic E-state index is 12.0. The van der Waals surface area contributed by atoms with E-state index in [2.05, 4.69) is 10.3 Å². The maximum absolute atomic E-state index is 12.0. The molecule has 1 unspecified atom stereocenters. The Morgan fingerprint density at radius 1 is 1.33 bits per heavy atom. The van der Waals surface area contributed by atoms with E-state index in [0.29, 0.717) is 12.3 Å². The zero-order valence-electron chi connectivity index (χ0n) is 12.3. The average molecular weight is 306 g/mol. The molecule has 0 aliphatic rings. The Morgan fingerprint density at radius 3 is 2.67 bits per heavy atom. The number of ether oxygens (including phenoxy) is 2. The normalized spacial score (nSPS) is 12.0. The van der Waals surface area contributed by atoms with Gasteiger partial charge in [-0.05, 0) is 31.2 Å². The predicted molar refractivity (Wildman–Crippen MR) is 82.9 cm³/mol. The van der Waals surface area contributed by atoms with Gasteiger partial charge in [0.25, 0.3) is 5.91 Å². The summed E-state index contributed by atoms with van der Waals surface area (Å²) < 4.78 is 10.1. The second-order valence-corrected chi connectivity index (χ2v) is 5.45. The molecule has 2 aromatic rings. The van der Waals surface area contributed by atoms with Crippen LogP contribution in [0.25, 0.3) is 10.6 Å². The number of hydrogen-bond acceptors (Lipinski definition) is 5. The summed E-state index contributed by atoms with van der Waals surface area (Å²) >= 11 is 1.44. The molecule has 1 aromatic carbocycles. The first-order chi connectivity index (χ1) is 10.1. The van der Waals surface area contributed by atoms with Crippen LogP contribution in [0.5, 0.6) is 5.75 Å². The van der Waals surface area contributed by atoms with Gasteiger partial charge in [0.05, 0.1) is 13.7 Å². The number of amides is 1. The Balaban J connectivity index is 2.08. The minimum Gasteiger partial charge on any atom is -0.497 e. The number of carbonyl (C=O) groups is 1. The molecule has 0 aliphatic carbocycles. The van der Waals surface area contributed by atoms with Crippen molar-refractivity contribution in [2.45, 2.75) is 13.0 Å². The molecule has 6 heteroatoms. The van der Waals surface area contributed by atoms with Crippen molar-refractivity contribution in [3.8, 4) is 16.3 Å². The first-order valence-electron chi connectivity index (χ1n) is 6.53. The number of methoxy groups -OCH3 is 2. The second kappa shape index (κ2) is 7.19. The molecule has 0 saturated carbocycles. The highest BCUT2D eigenvalue weighted by molar-refractivity contribution is 7.13. The van der Waals surface area contributed by atoms with Gasteiger partial charge in [0, 0.05) is 24.1 Å². The van der Waals surface area contributed by atoms with Gasteiger partial charge in [-0.3, -0.25) is 4.79 Å². The van der Waals surface area contributed by atoms with Gasteiger partial charge >= 0.3 is 0 Å². The van der Waals surface area contributed by atoms with E-state index >= 15 is 0 Å². The molecule has 1 heterocycles. The van der Waals surface area contributed by atoms with E-state index in [-0.39, 0.29) is 11.9 Å². The van der Waals surface area contributed by atoms with Crippen molar-refractivity contribution in [1.29, 1.82) is 0 Å². The van der Waals surface area contributed by atoms with Crippen LogP contribution in [0, 0.1) is 0 Å². The zero-order valence-corrected chi connectivity index (χ0v) is 13.1. The Labute approximate surface area is 127 Å². The van der Waals surface area contributed by atoms with Crippen LogP contribution in [-0.2, 0) is 4.74 Å². The highest BCUT2D eigenvalue weighted by Gasteiger charge is 2.14. The van der Waals surface area contributed by atoms with Gasteiger partial charge in [-0.25, -0.2) is 4.98 Å². The SMILES string of the molecule is COCC(C)NC(=O)c1csc(-c2ccc(OC)cc2)n1. The van der Waals surface area contributed by atoms with Crippen molar-refractivity contribution >= 4 is 17.2 Å². The molecule has 5 nitrogen and oxygen atoms in total. The van der Waals surface area contributed by atoms with Crippen LogP contribution in [-0.4, -0.2) is 37.8 Å². The summed E-state index contributed by atoms with van der Waals surface area (Å²) in [4.78, 5) is 16.4. The van der Waals surface area contributed by atoms with Gasteiger partial charge in [0.1, 0.15) is 16.5 Å². The fourth-order valence-electron chi connectivity index (χ4n) is 1.83. The summed E-state index contributed by atoms with van der Waals surface area (Å²) in [5.41, 5.74) is 1.39. The van der Waals surface area contributed by atoms with Crippen LogP contribution >= 0.6 is 11.3 Å². The van der Waals surface area contributed by atoms with Crippen molar-refractivity contribution < 1.29 is 14.3 Å². The topological polar surface area (TPSA) is 60.5 Å². The molecule has 1 aromatic heterocycles. The number of hydrogen-bond donors (Lipinski definition) is 1. The lowest BCUT2D eigenvalue weighted by Gasteiger charge is -2.11. The van der Waals surface area contributed by atoms with E-state index in [1.165, 1.54) is 11.3 Å². The van der Waals surface area contributed by atoms with Crippen molar-refractivity contribution in [2.24, 2.45) is 0 Å². The number of carbonyl (C=O) groups excluding carboxylic acids is 1. The predicted octanol–water partition coefficient (Wildman–Crippen LogP) is 2.58. The molecule has 2 rings (SSSR count). The molecule has 0 spiro atoms. The van der Waals surface area contributed by atoms with E-state index in [9.17, 15) is 4.79 Å². The summed E-state index contributed by atoms with van der Waals surface area (Å²) in [6.07, 6.45) is 0. The van der Waals surface area contributed by atoms with Gasteiger partial charge in [-0.2, -0.15) is 0 Å². The van der Waals surface area contributed by atoms with E-state index in [0.717, 1.165) is 16.3 Å². The van der Waals surface area contributed by atoms with Crippen molar-refractivity contribution in [3.63, 3.8) is 0 Å². The van der Waals surface area contributed by atoms with E-state index < -0.39 is 0 Å². The van der Waals surface area contributed by atoms with E-state index in [1.54, 1.807) is 19.6 Å². The number of thiazole rings is 1.